The monoisotopic (exact) mass is 499 g/mol. The van der Waals surface area contributed by atoms with Crippen LogP contribution in [0.2, 0.25) is 0 Å². The van der Waals surface area contributed by atoms with Gasteiger partial charge in [-0.15, -0.1) is 0 Å². The zero-order chi connectivity index (χ0) is 25.3. The largest absolute Gasteiger partial charge is 0.281 e. The van der Waals surface area contributed by atoms with Crippen LogP contribution in [-0.4, -0.2) is 36.1 Å². The second-order valence-corrected chi connectivity index (χ2v) is 9.75. The molecule has 1 fully saturated rings. The van der Waals surface area contributed by atoms with E-state index < -0.39 is 0 Å². The summed E-state index contributed by atoms with van der Waals surface area (Å²) in [6.45, 7) is 0. The number of aliphatic imine (C=N–C) groups is 2. The first kappa shape index (κ1) is 22.6. The van der Waals surface area contributed by atoms with E-state index in [9.17, 15) is 0 Å². The van der Waals surface area contributed by atoms with Crippen molar-refractivity contribution in [1.29, 1.82) is 0 Å². The number of nitrogens with zero attached hydrogens (tertiary/aromatic N) is 4. The fraction of sp³-hybridized carbons (Fsp3) is 0.161. The second kappa shape index (κ2) is 9.68. The Kier molecular flexibility index (Phi) is 5.75. The number of benzene rings is 4. The maximum absolute atomic E-state index is 5.18. The standard InChI is InChI=1S/C31H29N7/c1-5-13-22(14-6-1)28-32-30-26(37(35-28)24-17-9-3-10-18-24)21-27-31(34-30)33-29(23-15-7-2-8-16-23)36-38(27)25-19-11-4-12-20-25/h1-20,26-27,30-31,34H,21H2,(H,32,35)(H,33,36). The van der Waals surface area contributed by atoms with Crippen LogP contribution in [0.1, 0.15) is 17.5 Å². The number of anilines is 2. The van der Waals surface area contributed by atoms with Crippen LogP contribution in [0.25, 0.3) is 0 Å². The van der Waals surface area contributed by atoms with Gasteiger partial charge in [-0.25, -0.2) is 9.98 Å². The normalized spacial score (nSPS) is 24.2. The molecule has 4 aromatic rings. The van der Waals surface area contributed by atoms with E-state index >= 15 is 0 Å². The first-order valence-corrected chi connectivity index (χ1v) is 13.1. The molecule has 0 radical (unpaired) electrons. The molecule has 38 heavy (non-hydrogen) atoms. The number of para-hydroxylation sites is 2. The lowest BCUT2D eigenvalue weighted by atomic mass is 9.93. The lowest BCUT2D eigenvalue weighted by Crippen LogP contribution is -2.73. The summed E-state index contributed by atoms with van der Waals surface area (Å²) < 4.78 is 0. The maximum atomic E-state index is 5.18. The Morgan fingerprint density at radius 3 is 1.26 bits per heavy atom. The zero-order valence-electron chi connectivity index (χ0n) is 20.9. The number of hydrogen-bond acceptors (Lipinski definition) is 7. The summed E-state index contributed by atoms with van der Waals surface area (Å²) in [4.78, 5) is 10.4. The number of amidine groups is 2. The molecule has 0 amide bonds. The Morgan fingerprint density at radius 1 is 0.500 bits per heavy atom. The minimum absolute atomic E-state index is 0.0765. The lowest BCUT2D eigenvalue weighted by Gasteiger charge is -2.52. The predicted octanol–water partition coefficient (Wildman–Crippen LogP) is 4.31. The molecule has 3 aliphatic rings. The lowest BCUT2D eigenvalue weighted by molar-refractivity contribution is 0.223. The molecule has 1 saturated heterocycles. The highest BCUT2D eigenvalue weighted by Crippen LogP contribution is 2.33. The van der Waals surface area contributed by atoms with Gasteiger partial charge in [0.1, 0.15) is 24.0 Å². The van der Waals surface area contributed by atoms with Gasteiger partial charge in [0, 0.05) is 11.1 Å². The van der Waals surface area contributed by atoms with Crippen molar-refractivity contribution in [3.8, 4) is 0 Å². The highest BCUT2D eigenvalue weighted by molar-refractivity contribution is 6.01. The molecule has 0 spiro atoms. The molecule has 0 bridgehead atoms. The third kappa shape index (κ3) is 4.17. The molecule has 4 aromatic carbocycles. The molecule has 0 aromatic heterocycles. The van der Waals surface area contributed by atoms with Crippen LogP contribution in [-0.2, 0) is 0 Å². The van der Waals surface area contributed by atoms with Gasteiger partial charge < -0.3 is 0 Å². The van der Waals surface area contributed by atoms with Gasteiger partial charge in [0.05, 0.1) is 23.5 Å². The Labute approximate surface area is 222 Å². The fourth-order valence-electron chi connectivity index (χ4n) is 5.53. The Bertz CT molecular complexity index is 1330. The molecule has 0 saturated carbocycles. The third-order valence-electron chi connectivity index (χ3n) is 7.37. The van der Waals surface area contributed by atoms with Gasteiger partial charge in [-0.05, 0) is 30.7 Å². The highest BCUT2D eigenvalue weighted by atomic mass is 15.6. The summed E-state index contributed by atoms with van der Waals surface area (Å²) in [7, 11) is 0. The van der Waals surface area contributed by atoms with E-state index in [4.69, 9.17) is 9.98 Å². The zero-order valence-corrected chi connectivity index (χ0v) is 20.9. The number of nitrogens with one attached hydrogen (secondary N) is 3. The molecule has 3 N–H and O–H groups in total. The minimum atomic E-state index is -0.135. The van der Waals surface area contributed by atoms with Gasteiger partial charge >= 0.3 is 0 Å². The topological polar surface area (TPSA) is 67.3 Å². The molecule has 4 atom stereocenters. The van der Waals surface area contributed by atoms with Crippen molar-refractivity contribution in [2.45, 2.75) is 30.8 Å². The molecule has 188 valence electrons. The molecule has 4 unspecified atom stereocenters. The highest BCUT2D eigenvalue weighted by Gasteiger charge is 2.46. The average molecular weight is 500 g/mol. The smallest absolute Gasteiger partial charge is 0.148 e. The van der Waals surface area contributed by atoms with Gasteiger partial charge in [0.2, 0.25) is 0 Å². The second-order valence-electron chi connectivity index (χ2n) is 9.75. The predicted molar refractivity (Wildman–Crippen MR) is 153 cm³/mol. The van der Waals surface area contributed by atoms with Crippen LogP contribution in [0.5, 0.6) is 0 Å². The van der Waals surface area contributed by atoms with Crippen LogP contribution >= 0.6 is 0 Å². The van der Waals surface area contributed by atoms with E-state index in [0.717, 1.165) is 40.6 Å². The summed E-state index contributed by atoms with van der Waals surface area (Å²) in [5, 5.41) is 8.35. The maximum Gasteiger partial charge on any atom is 0.148 e. The van der Waals surface area contributed by atoms with Crippen LogP contribution in [0.4, 0.5) is 11.4 Å². The molecule has 7 nitrogen and oxygen atoms in total. The number of rotatable bonds is 4. The summed E-state index contributed by atoms with van der Waals surface area (Å²) in [5.41, 5.74) is 11.6. The molecular weight excluding hydrogens is 470 g/mol. The van der Waals surface area contributed by atoms with Crippen LogP contribution in [0, 0.1) is 0 Å². The van der Waals surface area contributed by atoms with E-state index in [-0.39, 0.29) is 24.4 Å². The SMILES string of the molecule is c1ccc(C2=NC3NC4N=C(c5ccccc5)NN(c5ccccc5)C4CC3N(c3ccccc3)N2)cc1. The van der Waals surface area contributed by atoms with E-state index in [1.807, 2.05) is 48.5 Å². The first-order valence-electron chi connectivity index (χ1n) is 13.1. The van der Waals surface area contributed by atoms with E-state index in [1.165, 1.54) is 0 Å². The Balaban J connectivity index is 1.30. The van der Waals surface area contributed by atoms with Crippen molar-refractivity contribution in [3.63, 3.8) is 0 Å². The van der Waals surface area contributed by atoms with E-state index in [2.05, 4.69) is 99.0 Å². The van der Waals surface area contributed by atoms with Gasteiger partial charge in [0.25, 0.3) is 0 Å². The van der Waals surface area contributed by atoms with Crippen LogP contribution in [0.3, 0.4) is 0 Å². The number of piperidine rings is 1. The quantitative estimate of drug-likeness (QED) is 0.391. The van der Waals surface area contributed by atoms with Crippen molar-refractivity contribution in [2.24, 2.45) is 9.98 Å². The third-order valence-corrected chi connectivity index (χ3v) is 7.37. The van der Waals surface area contributed by atoms with Crippen LogP contribution < -0.4 is 26.2 Å². The number of hydrogen-bond donors (Lipinski definition) is 3. The first-order chi connectivity index (χ1) is 18.8. The molecule has 7 rings (SSSR count). The van der Waals surface area contributed by atoms with Crippen molar-refractivity contribution >= 4 is 23.0 Å². The van der Waals surface area contributed by atoms with Gasteiger partial charge in [0.15, 0.2) is 0 Å². The van der Waals surface area contributed by atoms with Gasteiger partial charge in [-0.1, -0.05) is 97.1 Å². The van der Waals surface area contributed by atoms with Crippen molar-refractivity contribution in [2.75, 3.05) is 10.0 Å². The fourth-order valence-corrected chi connectivity index (χ4v) is 5.53. The number of hydrazine groups is 2. The molecular formula is C31H29N7. The van der Waals surface area contributed by atoms with E-state index in [0.29, 0.717) is 0 Å². The summed E-state index contributed by atoms with van der Waals surface area (Å²) in [6.07, 6.45) is 0.581. The number of fused-ring (bicyclic) bond motifs is 2. The molecule has 3 aliphatic heterocycles. The molecule has 7 heteroatoms. The molecule has 3 heterocycles. The summed E-state index contributed by atoms with van der Waals surface area (Å²) in [5.74, 6) is 1.70. The van der Waals surface area contributed by atoms with Crippen molar-refractivity contribution in [3.05, 3.63) is 132 Å². The minimum Gasteiger partial charge on any atom is -0.281 e. The van der Waals surface area contributed by atoms with Gasteiger partial charge in [-0.3, -0.25) is 26.2 Å². The van der Waals surface area contributed by atoms with Gasteiger partial charge in [-0.2, -0.15) is 0 Å². The van der Waals surface area contributed by atoms with Crippen molar-refractivity contribution in [1.82, 2.24) is 16.2 Å². The molecule has 0 aliphatic carbocycles. The van der Waals surface area contributed by atoms with E-state index in [1.54, 1.807) is 0 Å². The summed E-state index contributed by atoms with van der Waals surface area (Å²) >= 11 is 0. The van der Waals surface area contributed by atoms with Crippen LogP contribution in [0.15, 0.2) is 131 Å². The Morgan fingerprint density at radius 2 is 0.868 bits per heavy atom. The Hall–Kier alpha value is -4.62. The van der Waals surface area contributed by atoms with Crippen molar-refractivity contribution < 1.29 is 0 Å². The average Bonchev–Trinajstić information content (AvgIpc) is 3.00. The summed E-state index contributed by atoms with van der Waals surface area (Å²) in [6, 6.07) is 41.7.